The number of aryl methyl sites for hydroxylation is 1. The Hall–Kier alpha value is -1.55. The van der Waals surface area contributed by atoms with Gasteiger partial charge in [-0.25, -0.2) is 0 Å². The van der Waals surface area contributed by atoms with E-state index in [1.54, 1.807) is 0 Å². The highest BCUT2D eigenvalue weighted by molar-refractivity contribution is 5.98. The molecule has 0 spiro atoms. The van der Waals surface area contributed by atoms with Crippen LogP contribution in [0.2, 0.25) is 0 Å². The molecule has 0 bridgehead atoms. The summed E-state index contributed by atoms with van der Waals surface area (Å²) in [6, 6.07) is 5.62. The van der Waals surface area contributed by atoms with Crippen molar-refractivity contribution < 1.29 is 9.53 Å². The molecule has 1 aromatic rings. The van der Waals surface area contributed by atoms with Crippen LogP contribution >= 0.6 is 0 Å². The van der Waals surface area contributed by atoms with Gasteiger partial charge in [0.1, 0.15) is 0 Å². The molecule has 0 radical (unpaired) electrons. The van der Waals surface area contributed by atoms with Crippen LogP contribution in [0.1, 0.15) is 18.9 Å². The van der Waals surface area contributed by atoms with Crippen molar-refractivity contribution in [3.63, 3.8) is 0 Å². The van der Waals surface area contributed by atoms with Crippen LogP contribution in [0.25, 0.3) is 0 Å². The zero-order chi connectivity index (χ0) is 12.5. The highest BCUT2D eigenvalue weighted by Gasteiger charge is 2.44. The summed E-state index contributed by atoms with van der Waals surface area (Å²) in [6.45, 7) is 4.97. The second kappa shape index (κ2) is 4.37. The first-order valence-corrected chi connectivity index (χ1v) is 5.83. The van der Waals surface area contributed by atoms with Gasteiger partial charge < -0.3 is 15.8 Å². The molecule has 0 aromatic heterocycles. The van der Waals surface area contributed by atoms with Crippen LogP contribution in [-0.4, -0.2) is 19.1 Å². The van der Waals surface area contributed by atoms with Crippen LogP contribution in [0.4, 0.5) is 11.4 Å². The minimum atomic E-state index is -0.364. The number of ether oxygens (including phenoxy) is 1. The molecule has 3 N–H and O–H groups in total. The number of benzene rings is 1. The third-order valence-electron chi connectivity index (χ3n) is 3.37. The molecule has 17 heavy (non-hydrogen) atoms. The SMILES string of the molecule is CCC1(C(=O)Nc2ccc(C)cc2N)COC1. The summed E-state index contributed by atoms with van der Waals surface area (Å²) in [5, 5.41) is 2.89. The molecule has 1 fully saturated rings. The van der Waals surface area contributed by atoms with Crippen molar-refractivity contribution in [1.82, 2.24) is 0 Å². The third-order valence-corrected chi connectivity index (χ3v) is 3.37. The number of rotatable bonds is 3. The second-order valence-corrected chi connectivity index (χ2v) is 4.67. The lowest BCUT2D eigenvalue weighted by atomic mass is 9.82. The zero-order valence-corrected chi connectivity index (χ0v) is 10.2. The Balaban J connectivity index is 2.13. The molecule has 1 amide bonds. The van der Waals surface area contributed by atoms with Crippen molar-refractivity contribution in [2.75, 3.05) is 24.3 Å². The number of nitrogen functional groups attached to an aromatic ring is 1. The van der Waals surface area contributed by atoms with E-state index in [9.17, 15) is 4.79 Å². The first kappa shape index (κ1) is 11.9. The Morgan fingerprint density at radius 1 is 1.53 bits per heavy atom. The van der Waals surface area contributed by atoms with Gasteiger partial charge >= 0.3 is 0 Å². The number of hydrogen-bond acceptors (Lipinski definition) is 3. The van der Waals surface area contributed by atoms with E-state index in [4.69, 9.17) is 10.5 Å². The minimum absolute atomic E-state index is 0.00167. The van der Waals surface area contributed by atoms with Crippen molar-refractivity contribution >= 4 is 17.3 Å². The van der Waals surface area contributed by atoms with Gasteiger partial charge in [0.25, 0.3) is 0 Å². The molecule has 1 aromatic carbocycles. The molecule has 2 rings (SSSR count). The number of nitrogens with two attached hydrogens (primary N) is 1. The van der Waals surface area contributed by atoms with E-state index < -0.39 is 0 Å². The molecular formula is C13H18N2O2. The summed E-state index contributed by atoms with van der Waals surface area (Å²) in [4.78, 5) is 12.1. The fourth-order valence-corrected chi connectivity index (χ4v) is 1.90. The van der Waals surface area contributed by atoms with Crippen LogP contribution in [-0.2, 0) is 9.53 Å². The predicted molar refractivity (Wildman–Crippen MR) is 67.8 cm³/mol. The van der Waals surface area contributed by atoms with E-state index in [2.05, 4.69) is 5.32 Å². The molecule has 0 aliphatic carbocycles. The first-order valence-electron chi connectivity index (χ1n) is 5.83. The van der Waals surface area contributed by atoms with E-state index in [0.717, 1.165) is 12.0 Å². The summed E-state index contributed by atoms with van der Waals surface area (Å²) in [7, 11) is 0. The van der Waals surface area contributed by atoms with Gasteiger partial charge in [-0.15, -0.1) is 0 Å². The van der Waals surface area contributed by atoms with Crippen LogP contribution < -0.4 is 11.1 Å². The number of anilines is 2. The first-order chi connectivity index (χ1) is 8.07. The molecular weight excluding hydrogens is 216 g/mol. The third kappa shape index (κ3) is 2.13. The summed E-state index contributed by atoms with van der Waals surface area (Å²) in [5.41, 5.74) is 7.87. The van der Waals surface area contributed by atoms with E-state index in [1.165, 1.54) is 0 Å². The Morgan fingerprint density at radius 3 is 2.71 bits per heavy atom. The van der Waals surface area contributed by atoms with Gasteiger partial charge in [0, 0.05) is 0 Å². The summed E-state index contributed by atoms with van der Waals surface area (Å²) in [5.74, 6) is 0.00167. The standard InChI is InChI=1S/C13H18N2O2/c1-3-13(7-17-8-13)12(16)15-11-5-4-9(2)6-10(11)14/h4-6H,3,7-8,14H2,1-2H3,(H,15,16). The van der Waals surface area contributed by atoms with E-state index in [1.807, 2.05) is 32.0 Å². The van der Waals surface area contributed by atoms with Gasteiger partial charge in [0.15, 0.2) is 0 Å². The van der Waals surface area contributed by atoms with Gasteiger partial charge in [-0.05, 0) is 31.0 Å². The Kier molecular flexibility index (Phi) is 3.07. The molecule has 1 heterocycles. The lowest BCUT2D eigenvalue weighted by molar-refractivity contribution is -0.156. The molecule has 92 valence electrons. The quantitative estimate of drug-likeness (QED) is 0.785. The zero-order valence-electron chi connectivity index (χ0n) is 10.2. The summed E-state index contributed by atoms with van der Waals surface area (Å²) < 4.78 is 5.15. The Bertz CT molecular complexity index is 434. The maximum Gasteiger partial charge on any atom is 0.235 e. The van der Waals surface area contributed by atoms with E-state index in [-0.39, 0.29) is 11.3 Å². The number of carbonyl (C=O) groups excluding carboxylic acids is 1. The van der Waals surface area contributed by atoms with E-state index in [0.29, 0.717) is 24.6 Å². The smallest absolute Gasteiger partial charge is 0.235 e. The number of nitrogens with one attached hydrogen (secondary N) is 1. The average Bonchev–Trinajstić information content (AvgIpc) is 2.21. The monoisotopic (exact) mass is 234 g/mol. The average molecular weight is 234 g/mol. The topological polar surface area (TPSA) is 64.4 Å². The molecule has 0 atom stereocenters. The van der Waals surface area contributed by atoms with Crippen LogP contribution in [0.15, 0.2) is 18.2 Å². The van der Waals surface area contributed by atoms with Crippen LogP contribution in [0.5, 0.6) is 0 Å². The number of hydrogen-bond donors (Lipinski definition) is 2. The summed E-state index contributed by atoms with van der Waals surface area (Å²) in [6.07, 6.45) is 0.782. The van der Waals surface area contributed by atoms with E-state index >= 15 is 0 Å². The number of amides is 1. The highest BCUT2D eigenvalue weighted by Crippen LogP contribution is 2.33. The molecule has 1 aliphatic heterocycles. The predicted octanol–water partition coefficient (Wildman–Crippen LogP) is 1.94. The molecule has 1 saturated heterocycles. The van der Waals surface area contributed by atoms with Gasteiger partial charge in [0.05, 0.1) is 30.0 Å². The second-order valence-electron chi connectivity index (χ2n) is 4.67. The lowest BCUT2D eigenvalue weighted by Gasteiger charge is -2.39. The lowest BCUT2D eigenvalue weighted by Crippen LogP contribution is -2.51. The van der Waals surface area contributed by atoms with Crippen molar-refractivity contribution in [3.05, 3.63) is 23.8 Å². The Morgan fingerprint density at radius 2 is 2.24 bits per heavy atom. The fourth-order valence-electron chi connectivity index (χ4n) is 1.90. The largest absolute Gasteiger partial charge is 0.397 e. The normalized spacial score (nSPS) is 17.3. The fraction of sp³-hybridized carbons (Fsp3) is 0.462. The highest BCUT2D eigenvalue weighted by atomic mass is 16.5. The number of carbonyl (C=O) groups is 1. The Labute approximate surface area is 101 Å². The maximum atomic E-state index is 12.1. The van der Waals surface area contributed by atoms with Crippen molar-refractivity contribution in [2.45, 2.75) is 20.3 Å². The van der Waals surface area contributed by atoms with Crippen molar-refractivity contribution in [3.8, 4) is 0 Å². The minimum Gasteiger partial charge on any atom is -0.397 e. The van der Waals surface area contributed by atoms with Crippen LogP contribution in [0, 0.1) is 12.3 Å². The maximum absolute atomic E-state index is 12.1. The van der Waals surface area contributed by atoms with Crippen LogP contribution in [0.3, 0.4) is 0 Å². The van der Waals surface area contributed by atoms with Crippen molar-refractivity contribution in [1.29, 1.82) is 0 Å². The van der Waals surface area contributed by atoms with Crippen molar-refractivity contribution in [2.24, 2.45) is 5.41 Å². The molecule has 4 heteroatoms. The molecule has 0 unspecified atom stereocenters. The molecule has 0 saturated carbocycles. The molecule has 4 nitrogen and oxygen atoms in total. The van der Waals surface area contributed by atoms with Gasteiger partial charge in [-0.3, -0.25) is 4.79 Å². The van der Waals surface area contributed by atoms with Gasteiger partial charge in [-0.2, -0.15) is 0 Å². The van der Waals surface area contributed by atoms with Gasteiger partial charge in [-0.1, -0.05) is 13.0 Å². The van der Waals surface area contributed by atoms with Gasteiger partial charge in [0.2, 0.25) is 5.91 Å². The molecule has 1 aliphatic rings. The summed E-state index contributed by atoms with van der Waals surface area (Å²) >= 11 is 0.